The minimum absolute atomic E-state index is 0.0482. The third kappa shape index (κ3) is 2.20. The maximum atomic E-state index is 11.9. The Bertz CT molecular complexity index is 592. The van der Waals surface area contributed by atoms with Crippen LogP contribution in [0.3, 0.4) is 0 Å². The molecule has 0 aromatic carbocycles. The van der Waals surface area contributed by atoms with Crippen molar-refractivity contribution in [3.63, 3.8) is 0 Å². The van der Waals surface area contributed by atoms with E-state index in [1.165, 1.54) is 0 Å². The highest BCUT2D eigenvalue weighted by Crippen LogP contribution is 2.27. The lowest BCUT2D eigenvalue weighted by Gasteiger charge is -2.33. The number of aromatic nitrogens is 2. The van der Waals surface area contributed by atoms with Gasteiger partial charge < -0.3 is 10.2 Å². The fourth-order valence-corrected chi connectivity index (χ4v) is 2.92. The van der Waals surface area contributed by atoms with Crippen molar-refractivity contribution in [2.24, 2.45) is 5.92 Å². The van der Waals surface area contributed by atoms with Crippen molar-refractivity contribution in [1.82, 2.24) is 15.3 Å². The minimum atomic E-state index is -0.119. The van der Waals surface area contributed by atoms with Gasteiger partial charge in [0.15, 0.2) is 0 Å². The van der Waals surface area contributed by atoms with E-state index in [1.807, 2.05) is 0 Å². The van der Waals surface area contributed by atoms with Crippen molar-refractivity contribution in [3.05, 3.63) is 17.1 Å². The Balaban J connectivity index is 2.01. The molecule has 6 heteroatoms. The molecule has 3 rings (SSSR count). The van der Waals surface area contributed by atoms with Gasteiger partial charge in [-0.25, -0.2) is 9.97 Å². The zero-order valence-corrected chi connectivity index (χ0v) is 11.5. The Morgan fingerprint density at radius 1 is 1.45 bits per heavy atom. The first-order valence-electron chi connectivity index (χ1n) is 6.99. The molecular formula is C14H17N5O. The number of nitrogens with zero attached hydrogens (tertiary/aromatic N) is 4. The first-order chi connectivity index (χ1) is 9.69. The summed E-state index contributed by atoms with van der Waals surface area (Å²) in [5.74, 6) is 1.39. The molecule has 6 nitrogen and oxygen atoms in total. The Morgan fingerprint density at radius 3 is 3.10 bits per heavy atom. The molecule has 1 aromatic heterocycles. The van der Waals surface area contributed by atoms with Crippen molar-refractivity contribution >= 4 is 11.7 Å². The van der Waals surface area contributed by atoms with Gasteiger partial charge in [0.1, 0.15) is 17.3 Å². The number of anilines is 1. The number of carbonyl (C=O) groups excluding carboxylic acids is 1. The first kappa shape index (κ1) is 12.9. The molecular weight excluding hydrogens is 254 g/mol. The largest absolute Gasteiger partial charge is 0.355 e. The molecule has 1 fully saturated rings. The topological polar surface area (TPSA) is 81.9 Å². The predicted molar refractivity (Wildman–Crippen MR) is 73.4 cm³/mol. The molecule has 3 heterocycles. The summed E-state index contributed by atoms with van der Waals surface area (Å²) in [5.41, 5.74) is 1.43. The summed E-state index contributed by atoms with van der Waals surface area (Å²) in [4.78, 5) is 22.9. The number of hydrogen-bond donors (Lipinski definition) is 1. The van der Waals surface area contributed by atoms with Crippen molar-refractivity contribution < 1.29 is 4.79 Å². The lowest BCUT2D eigenvalue weighted by Crippen LogP contribution is -2.39. The van der Waals surface area contributed by atoms with Crippen molar-refractivity contribution in [2.45, 2.75) is 26.2 Å². The fraction of sp³-hybridized carbons (Fsp3) is 0.571. The molecule has 1 amide bonds. The van der Waals surface area contributed by atoms with E-state index in [0.717, 1.165) is 37.2 Å². The highest BCUT2D eigenvalue weighted by Gasteiger charge is 2.28. The van der Waals surface area contributed by atoms with Gasteiger partial charge in [-0.2, -0.15) is 5.26 Å². The standard InChI is InChI=1S/C14H17N5O/c1-9-17-12-11(4-5-16-14(12)20)13(18-9)19-6-2-3-10(7-15)8-19/h10H,2-6,8H2,1H3,(H,16,20). The highest BCUT2D eigenvalue weighted by atomic mass is 16.1. The third-order valence-electron chi connectivity index (χ3n) is 3.88. The van der Waals surface area contributed by atoms with Gasteiger partial charge in [0.05, 0.1) is 12.0 Å². The van der Waals surface area contributed by atoms with Crippen LogP contribution >= 0.6 is 0 Å². The highest BCUT2D eigenvalue weighted by molar-refractivity contribution is 5.96. The summed E-state index contributed by atoms with van der Waals surface area (Å²) in [6, 6.07) is 2.34. The molecule has 0 bridgehead atoms. The zero-order chi connectivity index (χ0) is 14.1. The maximum Gasteiger partial charge on any atom is 0.270 e. The maximum absolute atomic E-state index is 11.9. The normalized spacial score (nSPS) is 21.9. The van der Waals surface area contributed by atoms with Gasteiger partial charge in [0.2, 0.25) is 0 Å². The number of rotatable bonds is 1. The summed E-state index contributed by atoms with van der Waals surface area (Å²) in [7, 11) is 0. The summed E-state index contributed by atoms with van der Waals surface area (Å²) in [5, 5.41) is 11.9. The van der Waals surface area contributed by atoms with Crippen LogP contribution in [0.1, 0.15) is 34.7 Å². The summed E-state index contributed by atoms with van der Waals surface area (Å²) in [6.07, 6.45) is 2.69. The van der Waals surface area contributed by atoms with Crippen LogP contribution in [-0.4, -0.2) is 35.5 Å². The Hall–Kier alpha value is -2.16. The van der Waals surface area contributed by atoms with E-state index >= 15 is 0 Å². The second-order valence-electron chi connectivity index (χ2n) is 5.34. The number of piperidine rings is 1. The van der Waals surface area contributed by atoms with Gasteiger partial charge in [-0.3, -0.25) is 4.79 Å². The van der Waals surface area contributed by atoms with Crippen LogP contribution in [0.15, 0.2) is 0 Å². The molecule has 0 aliphatic carbocycles. The van der Waals surface area contributed by atoms with Gasteiger partial charge in [-0.05, 0) is 26.2 Å². The second-order valence-corrected chi connectivity index (χ2v) is 5.34. The van der Waals surface area contributed by atoms with Crippen LogP contribution in [0.4, 0.5) is 5.82 Å². The van der Waals surface area contributed by atoms with Crippen molar-refractivity contribution in [3.8, 4) is 6.07 Å². The van der Waals surface area contributed by atoms with Gasteiger partial charge in [0.25, 0.3) is 5.91 Å². The van der Waals surface area contributed by atoms with E-state index in [0.29, 0.717) is 24.6 Å². The quantitative estimate of drug-likeness (QED) is 0.817. The molecule has 0 radical (unpaired) electrons. The molecule has 0 spiro atoms. The molecule has 20 heavy (non-hydrogen) atoms. The number of nitriles is 1. The lowest BCUT2D eigenvalue weighted by molar-refractivity contribution is 0.0940. The molecule has 1 aromatic rings. The van der Waals surface area contributed by atoms with E-state index < -0.39 is 0 Å². The van der Waals surface area contributed by atoms with Crippen LogP contribution in [-0.2, 0) is 6.42 Å². The van der Waals surface area contributed by atoms with Gasteiger partial charge in [0, 0.05) is 25.2 Å². The van der Waals surface area contributed by atoms with E-state index in [-0.39, 0.29) is 11.8 Å². The van der Waals surface area contributed by atoms with Crippen LogP contribution in [0, 0.1) is 24.2 Å². The summed E-state index contributed by atoms with van der Waals surface area (Å²) >= 11 is 0. The zero-order valence-electron chi connectivity index (χ0n) is 11.5. The Kier molecular flexibility index (Phi) is 3.26. The number of hydrogen-bond acceptors (Lipinski definition) is 5. The second kappa shape index (κ2) is 5.08. The average molecular weight is 271 g/mol. The van der Waals surface area contributed by atoms with Crippen LogP contribution in [0.2, 0.25) is 0 Å². The van der Waals surface area contributed by atoms with Crippen LogP contribution < -0.4 is 10.2 Å². The predicted octanol–water partition coefficient (Wildman–Crippen LogP) is 0.811. The van der Waals surface area contributed by atoms with Crippen LogP contribution in [0.5, 0.6) is 0 Å². The third-order valence-corrected chi connectivity index (χ3v) is 3.88. The molecule has 1 unspecified atom stereocenters. The lowest BCUT2D eigenvalue weighted by atomic mass is 9.98. The number of fused-ring (bicyclic) bond motifs is 1. The minimum Gasteiger partial charge on any atom is -0.355 e. The molecule has 104 valence electrons. The van der Waals surface area contributed by atoms with E-state index in [4.69, 9.17) is 5.26 Å². The van der Waals surface area contributed by atoms with Gasteiger partial charge >= 0.3 is 0 Å². The molecule has 1 saturated heterocycles. The Labute approximate surface area is 117 Å². The fourth-order valence-electron chi connectivity index (χ4n) is 2.92. The molecule has 1 atom stereocenters. The van der Waals surface area contributed by atoms with Crippen molar-refractivity contribution in [1.29, 1.82) is 5.26 Å². The average Bonchev–Trinajstić information content (AvgIpc) is 2.47. The molecule has 2 aliphatic rings. The van der Waals surface area contributed by atoms with E-state index in [1.54, 1.807) is 6.92 Å². The van der Waals surface area contributed by atoms with Crippen molar-refractivity contribution in [2.75, 3.05) is 24.5 Å². The van der Waals surface area contributed by atoms with Gasteiger partial charge in [-0.15, -0.1) is 0 Å². The SMILES string of the molecule is Cc1nc2c(c(N3CCCC(C#N)C3)n1)CCNC2=O. The number of aryl methyl sites for hydroxylation is 1. The number of nitrogens with one attached hydrogen (secondary N) is 1. The number of carbonyl (C=O) groups is 1. The summed E-state index contributed by atoms with van der Waals surface area (Å²) in [6.45, 7) is 4.02. The molecule has 1 N–H and O–H groups in total. The summed E-state index contributed by atoms with van der Waals surface area (Å²) < 4.78 is 0. The Morgan fingerprint density at radius 2 is 2.30 bits per heavy atom. The van der Waals surface area contributed by atoms with E-state index in [2.05, 4.69) is 26.3 Å². The smallest absolute Gasteiger partial charge is 0.270 e. The van der Waals surface area contributed by atoms with Crippen LogP contribution in [0.25, 0.3) is 0 Å². The molecule has 2 aliphatic heterocycles. The first-order valence-corrected chi connectivity index (χ1v) is 6.99. The molecule has 0 saturated carbocycles. The van der Waals surface area contributed by atoms with E-state index in [9.17, 15) is 4.79 Å². The number of amides is 1. The monoisotopic (exact) mass is 271 g/mol. The van der Waals surface area contributed by atoms with Gasteiger partial charge in [-0.1, -0.05) is 0 Å².